The number of nitrogens with one attached hydrogen (secondary N) is 3. The van der Waals surface area contributed by atoms with E-state index < -0.39 is 0 Å². The lowest BCUT2D eigenvalue weighted by Gasteiger charge is -2.37. The van der Waals surface area contributed by atoms with E-state index in [1.807, 2.05) is 44.2 Å². The molecule has 3 aromatic rings. The van der Waals surface area contributed by atoms with Crippen LogP contribution in [0.1, 0.15) is 26.7 Å². The number of rotatable bonds is 8. The van der Waals surface area contributed by atoms with Crippen LogP contribution < -0.4 is 25.9 Å². The first kappa shape index (κ1) is 24.9. The van der Waals surface area contributed by atoms with E-state index in [2.05, 4.69) is 61.3 Å². The Hall–Kier alpha value is -3.79. The van der Waals surface area contributed by atoms with Gasteiger partial charge in [-0.25, -0.2) is 9.97 Å². The van der Waals surface area contributed by atoms with Gasteiger partial charge in [0.1, 0.15) is 17.8 Å². The minimum absolute atomic E-state index is 0.000691. The molecule has 1 amide bonds. The number of nitrogens with zero attached hydrogens (tertiary/aromatic N) is 5. The molecule has 0 saturated carbocycles. The molecule has 2 aliphatic rings. The van der Waals surface area contributed by atoms with Crippen LogP contribution in [0, 0.1) is 0 Å². The summed E-state index contributed by atoms with van der Waals surface area (Å²) in [6, 6.07) is 20.3. The average molecular weight is 517 g/mol. The number of anilines is 4. The van der Waals surface area contributed by atoms with Gasteiger partial charge >= 0.3 is 0 Å². The van der Waals surface area contributed by atoms with Crippen molar-refractivity contribution in [3.8, 4) is 0 Å². The van der Waals surface area contributed by atoms with Crippen molar-refractivity contribution in [3.63, 3.8) is 0 Å². The lowest BCUT2D eigenvalue weighted by atomic mass is 10.2. The van der Waals surface area contributed by atoms with Gasteiger partial charge in [-0.05, 0) is 55.1 Å². The molecule has 5 rings (SSSR count). The fraction of sp³-hybridized carbons (Fsp3) is 0.333. The minimum Gasteiger partial charge on any atom is -0.368 e. The van der Waals surface area contributed by atoms with Crippen molar-refractivity contribution in [3.05, 3.63) is 60.7 Å². The Bertz CT molecular complexity index is 1240. The summed E-state index contributed by atoms with van der Waals surface area (Å²) in [4.78, 5) is 27.1. The van der Waals surface area contributed by atoms with E-state index in [-0.39, 0.29) is 12.1 Å². The van der Waals surface area contributed by atoms with E-state index in [9.17, 15) is 4.79 Å². The molecule has 1 unspecified atom stereocenters. The molecular weight excluding hydrogens is 484 g/mol. The van der Waals surface area contributed by atoms with Crippen LogP contribution in [0.15, 0.2) is 75.8 Å². The molecule has 2 aromatic carbocycles. The molecule has 1 saturated heterocycles. The first-order valence-corrected chi connectivity index (χ1v) is 13.4. The number of aromatic nitrogens is 2. The van der Waals surface area contributed by atoms with E-state index in [4.69, 9.17) is 9.97 Å². The second-order valence-electron chi connectivity index (χ2n) is 9.11. The van der Waals surface area contributed by atoms with Crippen molar-refractivity contribution in [2.45, 2.75) is 42.9 Å². The number of para-hydroxylation sites is 1. The Morgan fingerprint density at radius 1 is 1.03 bits per heavy atom. The minimum atomic E-state index is -0.000691. The zero-order chi connectivity index (χ0) is 25.6. The van der Waals surface area contributed by atoms with E-state index in [1.54, 1.807) is 0 Å². The highest BCUT2D eigenvalue weighted by atomic mass is 32.2. The molecule has 10 heteroatoms. The van der Waals surface area contributed by atoms with Gasteiger partial charge in [0.15, 0.2) is 5.16 Å². The Labute approximate surface area is 221 Å². The van der Waals surface area contributed by atoms with Crippen molar-refractivity contribution >= 4 is 46.4 Å². The molecule has 0 radical (unpaired) electrons. The number of piperazine rings is 1. The molecule has 9 nitrogen and oxygen atoms in total. The summed E-state index contributed by atoms with van der Waals surface area (Å²) in [6.07, 6.45) is 1.28. The van der Waals surface area contributed by atoms with Crippen molar-refractivity contribution in [2.75, 3.05) is 46.6 Å². The lowest BCUT2D eigenvalue weighted by Crippen LogP contribution is -2.47. The summed E-state index contributed by atoms with van der Waals surface area (Å²) >= 11 is 1.51. The molecular formula is C27H32N8OS. The molecule has 3 heterocycles. The van der Waals surface area contributed by atoms with E-state index >= 15 is 0 Å². The fourth-order valence-electron chi connectivity index (χ4n) is 4.32. The number of carbonyl (C=O) groups is 1. The monoisotopic (exact) mass is 516 g/mol. The second-order valence-corrected chi connectivity index (χ2v) is 10.1. The van der Waals surface area contributed by atoms with Gasteiger partial charge in [0.2, 0.25) is 5.91 Å². The normalized spacial score (nSPS) is 17.2. The maximum absolute atomic E-state index is 11.7. The average Bonchev–Trinajstić information content (AvgIpc) is 3.34. The van der Waals surface area contributed by atoms with Crippen LogP contribution in [0.5, 0.6) is 0 Å². The number of hydrogen-bond acceptors (Lipinski definition) is 9. The molecule has 0 aliphatic carbocycles. The summed E-state index contributed by atoms with van der Waals surface area (Å²) in [5, 5.41) is 11.3. The zero-order valence-corrected chi connectivity index (χ0v) is 22.0. The Morgan fingerprint density at radius 3 is 2.43 bits per heavy atom. The van der Waals surface area contributed by atoms with Crippen LogP contribution in [-0.4, -0.2) is 53.9 Å². The molecule has 1 atom stereocenters. The number of amides is 1. The van der Waals surface area contributed by atoms with Gasteiger partial charge in [-0.1, -0.05) is 25.1 Å². The van der Waals surface area contributed by atoms with Crippen molar-refractivity contribution in [1.82, 2.24) is 15.4 Å². The number of hydrazone groups is 1. The van der Waals surface area contributed by atoms with Crippen LogP contribution in [-0.2, 0) is 4.79 Å². The first-order valence-electron chi connectivity index (χ1n) is 12.6. The second kappa shape index (κ2) is 11.5. The highest BCUT2D eigenvalue weighted by Gasteiger charge is 2.21. The highest BCUT2D eigenvalue weighted by molar-refractivity contribution is 7.99. The smallest absolute Gasteiger partial charge is 0.224 e. The highest BCUT2D eigenvalue weighted by Crippen LogP contribution is 2.30. The van der Waals surface area contributed by atoms with Gasteiger partial charge in [0.25, 0.3) is 0 Å². The molecule has 192 valence electrons. The molecule has 37 heavy (non-hydrogen) atoms. The first-order chi connectivity index (χ1) is 18.1. The number of carbonyl (C=O) groups excluding carboxylic acids is 1. The van der Waals surface area contributed by atoms with E-state index in [0.29, 0.717) is 11.6 Å². The summed E-state index contributed by atoms with van der Waals surface area (Å²) in [7, 11) is 0. The summed E-state index contributed by atoms with van der Waals surface area (Å²) in [5.74, 6) is 1.68. The predicted octanol–water partition coefficient (Wildman–Crippen LogP) is 4.41. The summed E-state index contributed by atoms with van der Waals surface area (Å²) in [5.41, 5.74) is 6.23. The van der Waals surface area contributed by atoms with Gasteiger partial charge in [-0.15, -0.1) is 0 Å². The molecule has 1 fully saturated rings. The number of benzene rings is 2. The maximum Gasteiger partial charge on any atom is 0.224 e. The standard InChI is InChI=1S/C27H32N8OS/c1-3-26(36)28-20-9-11-22(12-10-20)37-27-30-23(29-24-17-19(2)32-33-24)18-25(31-27)35-15-13-34(14-16-35)21-7-5-4-6-8-21/h4-12,18,24,33H,3,13-17H2,1-2H3,(H,28,36)(H,29,30,31). The van der Waals surface area contributed by atoms with E-state index in [0.717, 1.165) is 60.5 Å². The van der Waals surface area contributed by atoms with Gasteiger partial charge in [0, 0.05) is 67.1 Å². The zero-order valence-electron chi connectivity index (χ0n) is 21.1. The fourth-order valence-corrected chi connectivity index (χ4v) is 5.09. The number of hydrogen-bond donors (Lipinski definition) is 3. The molecule has 1 aromatic heterocycles. The summed E-state index contributed by atoms with van der Waals surface area (Å²) < 4.78 is 0. The van der Waals surface area contributed by atoms with Crippen LogP contribution in [0.2, 0.25) is 0 Å². The van der Waals surface area contributed by atoms with E-state index in [1.165, 1.54) is 17.4 Å². The predicted molar refractivity (Wildman–Crippen MR) is 151 cm³/mol. The topological polar surface area (TPSA) is 97.8 Å². The van der Waals surface area contributed by atoms with Crippen molar-refractivity contribution in [2.24, 2.45) is 5.10 Å². The third-order valence-electron chi connectivity index (χ3n) is 6.32. The van der Waals surface area contributed by atoms with Gasteiger partial charge in [-0.2, -0.15) is 5.10 Å². The van der Waals surface area contributed by atoms with Gasteiger partial charge in [0.05, 0.1) is 0 Å². The molecule has 0 bridgehead atoms. The maximum atomic E-state index is 11.7. The van der Waals surface area contributed by atoms with Crippen LogP contribution in [0.3, 0.4) is 0 Å². The van der Waals surface area contributed by atoms with Crippen LogP contribution in [0.25, 0.3) is 0 Å². The van der Waals surface area contributed by atoms with Gasteiger partial charge in [-0.3, -0.25) is 10.2 Å². The third kappa shape index (κ3) is 6.51. The summed E-state index contributed by atoms with van der Waals surface area (Å²) in [6.45, 7) is 7.48. The van der Waals surface area contributed by atoms with Crippen LogP contribution >= 0.6 is 11.8 Å². The lowest BCUT2D eigenvalue weighted by molar-refractivity contribution is -0.115. The molecule has 0 spiro atoms. The Kier molecular flexibility index (Phi) is 7.74. The Balaban J connectivity index is 1.32. The molecule has 2 aliphatic heterocycles. The van der Waals surface area contributed by atoms with Gasteiger partial charge < -0.3 is 20.4 Å². The van der Waals surface area contributed by atoms with Crippen molar-refractivity contribution in [1.29, 1.82) is 0 Å². The van der Waals surface area contributed by atoms with Crippen molar-refractivity contribution < 1.29 is 4.79 Å². The largest absolute Gasteiger partial charge is 0.368 e. The third-order valence-corrected chi connectivity index (χ3v) is 7.19. The quantitative estimate of drug-likeness (QED) is 0.379. The SMILES string of the molecule is CCC(=O)Nc1ccc(Sc2nc(NC3CC(C)=NN3)cc(N3CCN(c4ccccc4)CC3)n2)cc1. The molecule has 3 N–H and O–H groups in total. The Morgan fingerprint density at radius 2 is 1.76 bits per heavy atom. The van der Waals surface area contributed by atoms with Crippen LogP contribution in [0.4, 0.5) is 23.0 Å².